The fourth-order valence-corrected chi connectivity index (χ4v) is 3.21. The minimum Gasteiger partial charge on any atom is -0.327 e. The molecular formula is C14H9Cl2N3O3S. The van der Waals surface area contributed by atoms with E-state index in [4.69, 9.17) is 23.2 Å². The van der Waals surface area contributed by atoms with Crippen molar-refractivity contribution in [2.45, 2.75) is 0 Å². The van der Waals surface area contributed by atoms with Crippen molar-refractivity contribution in [3.63, 3.8) is 0 Å². The van der Waals surface area contributed by atoms with Crippen LogP contribution in [-0.4, -0.2) is 33.7 Å². The van der Waals surface area contributed by atoms with Crippen LogP contribution in [0.2, 0.25) is 10.0 Å². The fraction of sp³-hybridized carbons (Fsp3) is 0.143. The van der Waals surface area contributed by atoms with Crippen LogP contribution in [0, 0.1) is 0 Å². The number of aromatic nitrogens is 1. The number of fused-ring (bicyclic) bond motifs is 1. The molecule has 1 aliphatic heterocycles. The van der Waals surface area contributed by atoms with Crippen LogP contribution >= 0.6 is 34.5 Å². The second kappa shape index (κ2) is 5.92. The molecule has 6 nitrogen and oxygen atoms in total. The van der Waals surface area contributed by atoms with Crippen molar-refractivity contribution in [3.8, 4) is 0 Å². The average molecular weight is 370 g/mol. The van der Waals surface area contributed by atoms with E-state index in [2.05, 4.69) is 4.99 Å². The number of hydrogen-bond donors (Lipinski definition) is 0. The minimum atomic E-state index is -0.588. The van der Waals surface area contributed by atoms with Crippen LogP contribution in [0.4, 0.5) is 0 Å². The van der Waals surface area contributed by atoms with Gasteiger partial charge in [-0.2, -0.15) is 4.99 Å². The number of imide groups is 1. The Morgan fingerprint density at radius 3 is 2.22 bits per heavy atom. The van der Waals surface area contributed by atoms with E-state index in [9.17, 15) is 14.4 Å². The summed E-state index contributed by atoms with van der Waals surface area (Å²) in [6.07, 6.45) is 1.75. The predicted molar refractivity (Wildman–Crippen MR) is 85.7 cm³/mol. The Labute approximate surface area is 144 Å². The lowest BCUT2D eigenvalue weighted by molar-refractivity contribution is -0.118. The first-order valence-corrected chi connectivity index (χ1v) is 8.05. The van der Waals surface area contributed by atoms with Gasteiger partial charge < -0.3 is 4.57 Å². The Hall–Kier alpha value is -1.96. The smallest absolute Gasteiger partial charge is 0.268 e. The second-order valence-electron chi connectivity index (χ2n) is 4.81. The van der Waals surface area contributed by atoms with E-state index >= 15 is 0 Å². The summed E-state index contributed by atoms with van der Waals surface area (Å²) in [7, 11) is 1.74. The molecule has 1 aliphatic rings. The Balaban J connectivity index is 1.88. The number of aryl methyl sites for hydroxylation is 1. The monoisotopic (exact) mass is 369 g/mol. The first-order chi connectivity index (χ1) is 10.9. The molecule has 3 rings (SSSR count). The van der Waals surface area contributed by atoms with Crippen molar-refractivity contribution in [2.24, 2.45) is 12.0 Å². The molecule has 2 aromatic rings. The van der Waals surface area contributed by atoms with Gasteiger partial charge in [-0.05, 0) is 12.1 Å². The van der Waals surface area contributed by atoms with Gasteiger partial charge in [-0.3, -0.25) is 19.3 Å². The highest BCUT2D eigenvalue weighted by molar-refractivity contribution is 7.07. The normalized spacial score (nSPS) is 14.6. The van der Waals surface area contributed by atoms with Crippen molar-refractivity contribution in [2.75, 3.05) is 6.54 Å². The zero-order valence-electron chi connectivity index (χ0n) is 11.7. The SMILES string of the molecule is Cn1ccsc1=NC(=O)CN1C(=O)c2cc(Cl)c(Cl)cc2C1=O. The van der Waals surface area contributed by atoms with E-state index in [1.807, 2.05) is 0 Å². The molecule has 0 aliphatic carbocycles. The van der Waals surface area contributed by atoms with Crippen molar-refractivity contribution >= 4 is 52.3 Å². The molecule has 0 spiro atoms. The predicted octanol–water partition coefficient (Wildman–Crippen LogP) is 2.12. The minimum absolute atomic E-state index is 0.138. The van der Waals surface area contributed by atoms with Gasteiger partial charge in [0.05, 0.1) is 21.2 Å². The molecule has 0 atom stereocenters. The van der Waals surface area contributed by atoms with Crippen molar-refractivity contribution < 1.29 is 14.4 Å². The first-order valence-electron chi connectivity index (χ1n) is 6.41. The Bertz CT molecular complexity index is 875. The molecule has 0 unspecified atom stereocenters. The van der Waals surface area contributed by atoms with E-state index < -0.39 is 24.3 Å². The quantitative estimate of drug-likeness (QED) is 0.761. The van der Waals surface area contributed by atoms with Crippen LogP contribution in [0.15, 0.2) is 28.7 Å². The highest BCUT2D eigenvalue weighted by Gasteiger charge is 2.37. The van der Waals surface area contributed by atoms with Gasteiger partial charge in [-0.15, -0.1) is 11.3 Å². The van der Waals surface area contributed by atoms with Gasteiger partial charge in [0.1, 0.15) is 6.54 Å². The summed E-state index contributed by atoms with van der Waals surface area (Å²) in [4.78, 5) is 41.8. The van der Waals surface area contributed by atoms with Crippen molar-refractivity contribution in [1.82, 2.24) is 9.47 Å². The third-order valence-corrected chi connectivity index (χ3v) is 4.85. The van der Waals surface area contributed by atoms with Gasteiger partial charge in [0.2, 0.25) is 0 Å². The summed E-state index contributed by atoms with van der Waals surface area (Å²) < 4.78 is 1.67. The summed E-state index contributed by atoms with van der Waals surface area (Å²) in [6.45, 7) is -0.431. The molecule has 2 heterocycles. The first kappa shape index (κ1) is 15.9. The summed E-state index contributed by atoms with van der Waals surface area (Å²) in [5.41, 5.74) is 0.276. The Kier molecular flexibility index (Phi) is 4.09. The van der Waals surface area contributed by atoms with Crippen LogP contribution in [-0.2, 0) is 11.8 Å². The van der Waals surface area contributed by atoms with Gasteiger partial charge in [-0.1, -0.05) is 23.2 Å². The third-order valence-electron chi connectivity index (χ3n) is 3.28. The van der Waals surface area contributed by atoms with Crippen molar-refractivity contribution in [3.05, 3.63) is 49.7 Å². The molecule has 23 heavy (non-hydrogen) atoms. The number of amides is 3. The number of rotatable bonds is 2. The van der Waals surface area contributed by atoms with Crippen LogP contribution in [0.3, 0.4) is 0 Å². The van der Waals surface area contributed by atoms with Crippen molar-refractivity contribution in [1.29, 1.82) is 0 Å². The Morgan fingerprint density at radius 1 is 1.17 bits per heavy atom. The van der Waals surface area contributed by atoms with Gasteiger partial charge in [0, 0.05) is 18.6 Å². The highest BCUT2D eigenvalue weighted by atomic mass is 35.5. The van der Waals surface area contributed by atoms with E-state index in [0.29, 0.717) is 4.80 Å². The molecule has 0 radical (unpaired) electrons. The summed E-state index contributed by atoms with van der Waals surface area (Å²) in [6, 6.07) is 2.67. The zero-order chi connectivity index (χ0) is 16.7. The molecule has 9 heteroatoms. The Morgan fingerprint density at radius 2 is 1.74 bits per heavy atom. The molecule has 0 saturated heterocycles. The summed E-state index contributed by atoms with van der Waals surface area (Å²) in [5.74, 6) is -1.75. The lowest BCUT2D eigenvalue weighted by Gasteiger charge is -2.10. The maximum absolute atomic E-state index is 12.3. The van der Waals surface area contributed by atoms with Crippen LogP contribution in [0.25, 0.3) is 0 Å². The highest BCUT2D eigenvalue weighted by Crippen LogP contribution is 2.31. The number of hydrogen-bond acceptors (Lipinski definition) is 4. The topological polar surface area (TPSA) is 71.7 Å². The van der Waals surface area contributed by atoms with Gasteiger partial charge in [0.15, 0.2) is 4.80 Å². The second-order valence-corrected chi connectivity index (χ2v) is 6.50. The number of nitrogens with zero attached hydrogens (tertiary/aromatic N) is 3. The fourth-order valence-electron chi connectivity index (χ4n) is 2.14. The third kappa shape index (κ3) is 2.83. The van der Waals surface area contributed by atoms with E-state index in [0.717, 1.165) is 4.90 Å². The average Bonchev–Trinajstić information content (AvgIpc) is 2.99. The standard InChI is InChI=1S/C14H9Cl2N3O3S/c1-18-2-3-23-14(18)17-11(20)6-19-12(21)7-4-9(15)10(16)5-8(7)13(19)22/h2-5H,6H2,1H3. The van der Waals surface area contributed by atoms with E-state index in [-0.39, 0.29) is 21.2 Å². The molecule has 0 saturated carbocycles. The molecule has 1 aromatic heterocycles. The van der Waals surface area contributed by atoms with Gasteiger partial charge in [-0.25, -0.2) is 0 Å². The number of thiazole rings is 1. The molecule has 0 N–H and O–H groups in total. The van der Waals surface area contributed by atoms with Crippen LogP contribution in [0.5, 0.6) is 0 Å². The van der Waals surface area contributed by atoms with Gasteiger partial charge >= 0.3 is 0 Å². The lowest BCUT2D eigenvalue weighted by atomic mass is 10.1. The van der Waals surface area contributed by atoms with Crippen LogP contribution in [0.1, 0.15) is 20.7 Å². The molecule has 118 valence electrons. The molecule has 0 fully saturated rings. The summed E-state index contributed by atoms with van der Waals surface area (Å²) in [5, 5.41) is 2.13. The lowest BCUT2D eigenvalue weighted by Crippen LogP contribution is -2.35. The maximum Gasteiger partial charge on any atom is 0.268 e. The number of halogens is 2. The molecule has 0 bridgehead atoms. The zero-order valence-corrected chi connectivity index (χ0v) is 14.1. The van der Waals surface area contributed by atoms with E-state index in [1.54, 1.807) is 23.2 Å². The largest absolute Gasteiger partial charge is 0.327 e. The van der Waals surface area contributed by atoms with E-state index in [1.165, 1.54) is 23.5 Å². The number of benzene rings is 1. The molecule has 1 aromatic carbocycles. The van der Waals surface area contributed by atoms with Crippen LogP contribution < -0.4 is 4.80 Å². The number of carbonyl (C=O) groups excluding carboxylic acids is 3. The number of carbonyl (C=O) groups is 3. The summed E-state index contributed by atoms with van der Waals surface area (Å²) >= 11 is 13.0. The van der Waals surface area contributed by atoms with Gasteiger partial charge in [0.25, 0.3) is 17.7 Å². The molecular weight excluding hydrogens is 361 g/mol. The molecule has 3 amide bonds. The maximum atomic E-state index is 12.3.